The maximum Gasteiger partial charge on any atom is 0.204 e. The van der Waals surface area contributed by atoms with Gasteiger partial charge in [-0.2, -0.15) is 0 Å². The number of thioether (sulfide) groups is 1. The number of halogens is 1. The summed E-state index contributed by atoms with van der Waals surface area (Å²) in [7, 11) is 0. The fourth-order valence-electron chi connectivity index (χ4n) is 2.75. The molecular weight excluding hydrogens is 304 g/mol. The summed E-state index contributed by atoms with van der Waals surface area (Å²) >= 11 is 7.76. The standard InChI is InChI=1S/C16H11ClN2OS/c17-10-3-1-4-11(9-10)19-13-6-8-21-15(13)14(20)12-5-2-7-18-16(12)19/h1-5,7,9H,6,8H2. The van der Waals surface area contributed by atoms with E-state index in [1.54, 1.807) is 24.0 Å². The first-order valence-corrected chi connectivity index (χ1v) is 8.03. The van der Waals surface area contributed by atoms with Crippen molar-refractivity contribution in [1.29, 1.82) is 0 Å². The van der Waals surface area contributed by atoms with Crippen molar-refractivity contribution in [3.05, 3.63) is 63.5 Å². The van der Waals surface area contributed by atoms with Crippen molar-refractivity contribution >= 4 is 34.4 Å². The predicted molar refractivity (Wildman–Crippen MR) is 86.8 cm³/mol. The van der Waals surface area contributed by atoms with Gasteiger partial charge in [0, 0.05) is 28.4 Å². The molecule has 3 heterocycles. The lowest BCUT2D eigenvalue weighted by Gasteiger charge is -2.15. The Morgan fingerprint density at radius 3 is 3.00 bits per heavy atom. The Morgan fingerprint density at radius 2 is 2.14 bits per heavy atom. The number of aromatic nitrogens is 2. The van der Waals surface area contributed by atoms with Gasteiger partial charge in [0.05, 0.1) is 10.3 Å². The lowest BCUT2D eigenvalue weighted by Crippen LogP contribution is -2.15. The number of hydrogen-bond donors (Lipinski definition) is 0. The highest BCUT2D eigenvalue weighted by Crippen LogP contribution is 2.33. The second-order valence-corrected chi connectivity index (χ2v) is 6.43. The highest BCUT2D eigenvalue weighted by molar-refractivity contribution is 7.99. The molecule has 4 rings (SSSR count). The number of benzene rings is 1. The van der Waals surface area contributed by atoms with Gasteiger partial charge in [-0.3, -0.25) is 9.36 Å². The van der Waals surface area contributed by atoms with Gasteiger partial charge in [0.2, 0.25) is 5.43 Å². The highest BCUT2D eigenvalue weighted by atomic mass is 35.5. The SMILES string of the molecule is O=c1c2c(n(-c3cccc(Cl)c3)c3ncccc13)CCS2. The van der Waals surface area contributed by atoms with Crippen molar-refractivity contribution in [3.63, 3.8) is 0 Å². The molecule has 5 heteroatoms. The van der Waals surface area contributed by atoms with E-state index in [0.29, 0.717) is 16.1 Å². The molecule has 0 atom stereocenters. The van der Waals surface area contributed by atoms with E-state index in [2.05, 4.69) is 9.55 Å². The van der Waals surface area contributed by atoms with Crippen molar-refractivity contribution in [3.8, 4) is 5.69 Å². The van der Waals surface area contributed by atoms with Crippen LogP contribution in [0, 0.1) is 0 Å². The van der Waals surface area contributed by atoms with Crippen LogP contribution in [-0.4, -0.2) is 15.3 Å². The van der Waals surface area contributed by atoms with Crippen LogP contribution in [0.1, 0.15) is 5.69 Å². The molecule has 0 saturated heterocycles. The fraction of sp³-hybridized carbons (Fsp3) is 0.125. The van der Waals surface area contributed by atoms with Crippen molar-refractivity contribution in [2.75, 3.05) is 5.75 Å². The quantitative estimate of drug-likeness (QED) is 0.687. The van der Waals surface area contributed by atoms with Crippen LogP contribution in [-0.2, 0) is 6.42 Å². The first-order valence-electron chi connectivity index (χ1n) is 6.67. The predicted octanol–water partition coefficient (Wildman–Crippen LogP) is 3.69. The van der Waals surface area contributed by atoms with E-state index >= 15 is 0 Å². The largest absolute Gasteiger partial charge is 0.297 e. The van der Waals surface area contributed by atoms with E-state index in [1.165, 1.54) is 0 Å². The monoisotopic (exact) mass is 314 g/mol. The van der Waals surface area contributed by atoms with Gasteiger partial charge < -0.3 is 0 Å². The molecule has 21 heavy (non-hydrogen) atoms. The average molecular weight is 315 g/mol. The number of fused-ring (bicyclic) bond motifs is 2. The fourth-order valence-corrected chi connectivity index (χ4v) is 4.04. The molecule has 0 saturated carbocycles. The zero-order chi connectivity index (χ0) is 14.4. The van der Waals surface area contributed by atoms with Crippen LogP contribution < -0.4 is 5.43 Å². The summed E-state index contributed by atoms with van der Waals surface area (Å²) in [6.07, 6.45) is 2.59. The van der Waals surface area contributed by atoms with Crippen molar-refractivity contribution in [2.45, 2.75) is 11.3 Å². The molecule has 104 valence electrons. The zero-order valence-electron chi connectivity index (χ0n) is 11.0. The van der Waals surface area contributed by atoms with E-state index in [1.807, 2.05) is 30.3 Å². The molecule has 3 nitrogen and oxygen atoms in total. The molecule has 3 aromatic rings. The molecule has 0 fully saturated rings. The smallest absolute Gasteiger partial charge is 0.204 e. The first kappa shape index (κ1) is 12.9. The Morgan fingerprint density at radius 1 is 1.24 bits per heavy atom. The molecule has 0 aliphatic carbocycles. The van der Waals surface area contributed by atoms with Crippen LogP contribution in [0.2, 0.25) is 5.02 Å². The molecule has 1 aliphatic heterocycles. The van der Waals surface area contributed by atoms with Crippen LogP contribution in [0.4, 0.5) is 0 Å². The minimum atomic E-state index is 0.0916. The Kier molecular flexibility index (Phi) is 3.01. The number of rotatable bonds is 1. The van der Waals surface area contributed by atoms with E-state index < -0.39 is 0 Å². The minimum Gasteiger partial charge on any atom is -0.297 e. The number of nitrogens with zero attached hydrogens (tertiary/aromatic N) is 2. The first-order chi connectivity index (χ1) is 10.3. The Labute approximate surface area is 130 Å². The third-order valence-electron chi connectivity index (χ3n) is 3.63. The second kappa shape index (κ2) is 4.90. The molecule has 0 unspecified atom stereocenters. The maximum absolute atomic E-state index is 12.6. The number of pyridine rings is 2. The Balaban J connectivity index is 2.18. The molecule has 2 aromatic heterocycles. The van der Waals surface area contributed by atoms with Crippen LogP contribution in [0.5, 0.6) is 0 Å². The average Bonchev–Trinajstić information content (AvgIpc) is 2.97. The lowest BCUT2D eigenvalue weighted by atomic mass is 10.2. The van der Waals surface area contributed by atoms with E-state index in [-0.39, 0.29) is 5.43 Å². The van der Waals surface area contributed by atoms with Gasteiger partial charge >= 0.3 is 0 Å². The molecule has 0 radical (unpaired) electrons. The van der Waals surface area contributed by atoms with Crippen LogP contribution in [0.15, 0.2) is 52.3 Å². The summed E-state index contributed by atoms with van der Waals surface area (Å²) in [5.74, 6) is 0.932. The summed E-state index contributed by atoms with van der Waals surface area (Å²) in [4.78, 5) is 17.8. The summed E-state index contributed by atoms with van der Waals surface area (Å²) < 4.78 is 2.07. The van der Waals surface area contributed by atoms with Crippen molar-refractivity contribution in [1.82, 2.24) is 9.55 Å². The molecule has 0 spiro atoms. The topological polar surface area (TPSA) is 34.9 Å². The van der Waals surface area contributed by atoms with Gasteiger partial charge in [0.1, 0.15) is 5.65 Å². The third-order valence-corrected chi connectivity index (χ3v) is 4.99. The Bertz CT molecular complexity index is 920. The summed E-state index contributed by atoms with van der Waals surface area (Å²) in [6, 6.07) is 11.3. The third kappa shape index (κ3) is 1.98. The molecule has 1 aromatic carbocycles. The summed E-state index contributed by atoms with van der Waals surface area (Å²) in [5.41, 5.74) is 2.78. The minimum absolute atomic E-state index is 0.0916. The number of hydrogen-bond acceptors (Lipinski definition) is 3. The maximum atomic E-state index is 12.6. The van der Waals surface area contributed by atoms with Gasteiger partial charge in [0.15, 0.2) is 0 Å². The van der Waals surface area contributed by atoms with Gasteiger partial charge in [0.25, 0.3) is 0 Å². The molecule has 0 bridgehead atoms. The highest BCUT2D eigenvalue weighted by Gasteiger charge is 2.23. The van der Waals surface area contributed by atoms with E-state index in [9.17, 15) is 4.79 Å². The van der Waals surface area contributed by atoms with Gasteiger partial charge in [-0.1, -0.05) is 17.7 Å². The second-order valence-electron chi connectivity index (χ2n) is 4.89. The zero-order valence-corrected chi connectivity index (χ0v) is 12.6. The molecule has 0 N–H and O–H groups in total. The van der Waals surface area contributed by atoms with Crippen LogP contribution in [0.3, 0.4) is 0 Å². The summed E-state index contributed by atoms with van der Waals surface area (Å²) in [5, 5.41) is 1.33. The van der Waals surface area contributed by atoms with Crippen molar-refractivity contribution in [2.24, 2.45) is 0 Å². The molecule has 0 amide bonds. The van der Waals surface area contributed by atoms with E-state index in [0.717, 1.165) is 28.5 Å². The van der Waals surface area contributed by atoms with Gasteiger partial charge in [-0.15, -0.1) is 11.8 Å². The summed E-state index contributed by atoms with van der Waals surface area (Å²) in [6.45, 7) is 0. The van der Waals surface area contributed by atoms with Crippen molar-refractivity contribution < 1.29 is 0 Å². The molecular formula is C16H11ClN2OS. The normalized spacial score (nSPS) is 13.6. The lowest BCUT2D eigenvalue weighted by molar-refractivity contribution is 0.909. The molecule has 1 aliphatic rings. The van der Waals surface area contributed by atoms with Crippen LogP contribution in [0.25, 0.3) is 16.7 Å². The Hall–Kier alpha value is -1.78. The van der Waals surface area contributed by atoms with Gasteiger partial charge in [-0.05, 0) is 36.8 Å². The van der Waals surface area contributed by atoms with E-state index in [4.69, 9.17) is 11.6 Å². The van der Waals surface area contributed by atoms with Crippen LogP contribution >= 0.6 is 23.4 Å². The van der Waals surface area contributed by atoms with Gasteiger partial charge in [-0.25, -0.2) is 4.98 Å².